The van der Waals surface area contributed by atoms with Crippen molar-refractivity contribution in [2.45, 2.75) is 19.9 Å². The second-order valence-electron chi connectivity index (χ2n) is 6.06. The molecule has 0 spiro atoms. The highest BCUT2D eigenvalue weighted by Crippen LogP contribution is 2.36. The maximum absolute atomic E-state index is 13.1. The summed E-state index contributed by atoms with van der Waals surface area (Å²) in [7, 11) is 0. The Labute approximate surface area is 158 Å². The lowest BCUT2D eigenvalue weighted by atomic mass is 10.00. The first-order chi connectivity index (χ1) is 12.5. The molecule has 3 aromatic rings. The fraction of sp³-hybridized carbons (Fsp3) is 0.167. The lowest BCUT2D eigenvalue weighted by Gasteiger charge is -2.27. The predicted octanol–water partition coefficient (Wildman–Crippen LogP) is 3.87. The second-order valence-corrected chi connectivity index (χ2v) is 6.84. The zero-order valence-corrected chi connectivity index (χ0v) is 15.7. The van der Waals surface area contributed by atoms with E-state index in [1.54, 1.807) is 10.7 Å². The van der Waals surface area contributed by atoms with Crippen LogP contribution in [-0.2, 0) is 4.79 Å². The van der Waals surface area contributed by atoms with Crippen molar-refractivity contribution >= 4 is 33.5 Å². The fourth-order valence-electron chi connectivity index (χ4n) is 2.96. The molecule has 2 aromatic heterocycles. The van der Waals surface area contributed by atoms with E-state index in [2.05, 4.69) is 36.6 Å². The zero-order valence-electron chi connectivity index (χ0n) is 14.2. The summed E-state index contributed by atoms with van der Waals surface area (Å²) in [5.41, 5.74) is 3.08. The van der Waals surface area contributed by atoms with Gasteiger partial charge in [-0.1, -0.05) is 17.7 Å². The number of allylic oxidation sites excluding steroid dienone is 1. The normalized spacial score (nSPS) is 16.2. The van der Waals surface area contributed by atoms with E-state index in [-0.39, 0.29) is 5.91 Å². The smallest absolute Gasteiger partial charge is 0.256 e. The Balaban J connectivity index is 1.74. The summed E-state index contributed by atoms with van der Waals surface area (Å²) in [5.74, 6) is 0.933. The minimum absolute atomic E-state index is 0.225. The molecule has 0 saturated heterocycles. The van der Waals surface area contributed by atoms with Crippen LogP contribution in [0.25, 0.3) is 0 Å². The number of hydrogen-bond acceptors (Lipinski definition) is 5. The molecule has 0 fully saturated rings. The average molecular weight is 414 g/mol. The summed E-state index contributed by atoms with van der Waals surface area (Å²) < 4.78 is 7.96. The van der Waals surface area contributed by atoms with Gasteiger partial charge < -0.3 is 15.1 Å². The molecule has 1 atom stereocenters. The van der Waals surface area contributed by atoms with E-state index in [4.69, 9.17) is 4.42 Å². The van der Waals surface area contributed by atoms with Crippen molar-refractivity contribution < 1.29 is 9.21 Å². The molecule has 1 amide bonds. The molecule has 3 heterocycles. The van der Waals surface area contributed by atoms with Crippen molar-refractivity contribution in [3.63, 3.8) is 0 Å². The molecule has 0 bridgehead atoms. The number of carbonyl (C=O) groups excluding carboxylic acids is 1. The van der Waals surface area contributed by atoms with Gasteiger partial charge in [0.15, 0.2) is 4.67 Å². The number of anilines is 2. The summed E-state index contributed by atoms with van der Waals surface area (Å²) in [6.07, 6.45) is 1.45. The number of nitrogens with one attached hydrogen (secondary N) is 2. The van der Waals surface area contributed by atoms with Gasteiger partial charge in [-0.2, -0.15) is 10.1 Å². The minimum atomic E-state index is -0.509. The topological polar surface area (TPSA) is 85.0 Å². The van der Waals surface area contributed by atoms with E-state index in [0.717, 1.165) is 11.3 Å². The third-order valence-electron chi connectivity index (χ3n) is 4.21. The Morgan fingerprint density at radius 1 is 1.23 bits per heavy atom. The van der Waals surface area contributed by atoms with Gasteiger partial charge in [-0.05, 0) is 54.0 Å². The van der Waals surface area contributed by atoms with Crippen LogP contribution in [0.15, 0.2) is 63.1 Å². The Hall–Kier alpha value is -2.87. The van der Waals surface area contributed by atoms with Crippen LogP contribution in [-0.4, -0.2) is 20.7 Å². The lowest BCUT2D eigenvalue weighted by molar-refractivity contribution is -0.113. The molecule has 1 aliphatic rings. The number of benzene rings is 1. The van der Waals surface area contributed by atoms with Gasteiger partial charge in [-0.3, -0.25) is 4.79 Å². The van der Waals surface area contributed by atoms with Crippen LogP contribution in [0.2, 0.25) is 0 Å². The van der Waals surface area contributed by atoms with Crippen LogP contribution >= 0.6 is 15.9 Å². The van der Waals surface area contributed by atoms with E-state index in [1.807, 2.05) is 44.2 Å². The SMILES string of the molecule is CC1=C(C(=O)Nc2ccc(C)cc2)C(c2ccc(Br)o2)n2ncnc2N1. The van der Waals surface area contributed by atoms with Gasteiger partial charge >= 0.3 is 0 Å². The Kier molecular flexibility index (Phi) is 4.12. The summed E-state index contributed by atoms with van der Waals surface area (Å²) in [6.45, 7) is 3.84. The first-order valence-corrected chi connectivity index (χ1v) is 8.83. The Morgan fingerprint density at radius 3 is 2.69 bits per heavy atom. The number of nitrogens with zero attached hydrogens (tertiary/aromatic N) is 3. The summed E-state index contributed by atoms with van der Waals surface area (Å²) in [4.78, 5) is 17.3. The number of amides is 1. The summed E-state index contributed by atoms with van der Waals surface area (Å²) in [6, 6.07) is 10.7. The quantitative estimate of drug-likeness (QED) is 0.680. The van der Waals surface area contributed by atoms with Gasteiger partial charge in [0.05, 0.1) is 5.57 Å². The molecular weight excluding hydrogens is 398 g/mol. The molecule has 2 N–H and O–H groups in total. The number of halogens is 1. The summed E-state index contributed by atoms with van der Waals surface area (Å²) in [5, 5.41) is 10.3. The van der Waals surface area contributed by atoms with Crippen LogP contribution in [0, 0.1) is 6.92 Å². The number of fused-ring (bicyclic) bond motifs is 1. The number of hydrogen-bond donors (Lipinski definition) is 2. The monoisotopic (exact) mass is 413 g/mol. The molecule has 8 heteroatoms. The van der Waals surface area contributed by atoms with Crippen molar-refractivity contribution in [2.75, 3.05) is 10.6 Å². The second kappa shape index (κ2) is 6.45. The number of aromatic nitrogens is 3. The molecular formula is C18H16BrN5O2. The highest BCUT2D eigenvalue weighted by atomic mass is 79.9. The molecule has 7 nitrogen and oxygen atoms in total. The van der Waals surface area contributed by atoms with Crippen LogP contribution in [0.5, 0.6) is 0 Å². The number of aryl methyl sites for hydroxylation is 1. The first kappa shape index (κ1) is 16.6. The minimum Gasteiger partial charge on any atom is -0.452 e. The molecule has 1 aromatic carbocycles. The lowest BCUT2D eigenvalue weighted by Crippen LogP contribution is -2.31. The van der Waals surface area contributed by atoms with E-state index in [9.17, 15) is 4.79 Å². The van der Waals surface area contributed by atoms with E-state index >= 15 is 0 Å². The highest BCUT2D eigenvalue weighted by Gasteiger charge is 2.35. The fourth-order valence-corrected chi connectivity index (χ4v) is 3.28. The van der Waals surface area contributed by atoms with Crippen molar-refractivity contribution in [2.24, 2.45) is 0 Å². The molecule has 1 unspecified atom stereocenters. The van der Waals surface area contributed by atoms with Gasteiger partial charge in [-0.15, -0.1) is 0 Å². The number of rotatable bonds is 3. The van der Waals surface area contributed by atoms with Gasteiger partial charge in [0.2, 0.25) is 5.95 Å². The Bertz CT molecular complexity index is 1000. The van der Waals surface area contributed by atoms with E-state index in [0.29, 0.717) is 27.6 Å². The van der Waals surface area contributed by atoms with Gasteiger partial charge in [0.1, 0.15) is 18.1 Å². The van der Waals surface area contributed by atoms with Crippen molar-refractivity contribution in [1.82, 2.24) is 14.8 Å². The van der Waals surface area contributed by atoms with Crippen LogP contribution < -0.4 is 10.6 Å². The van der Waals surface area contributed by atoms with Gasteiger partial charge in [-0.25, -0.2) is 4.68 Å². The van der Waals surface area contributed by atoms with Crippen LogP contribution in [0.3, 0.4) is 0 Å². The van der Waals surface area contributed by atoms with Gasteiger partial charge in [0.25, 0.3) is 5.91 Å². The van der Waals surface area contributed by atoms with Crippen LogP contribution in [0.4, 0.5) is 11.6 Å². The Morgan fingerprint density at radius 2 is 2.00 bits per heavy atom. The average Bonchev–Trinajstić information content (AvgIpc) is 3.24. The highest BCUT2D eigenvalue weighted by molar-refractivity contribution is 9.10. The van der Waals surface area contributed by atoms with E-state index in [1.165, 1.54) is 6.33 Å². The van der Waals surface area contributed by atoms with Crippen molar-refractivity contribution in [3.05, 3.63) is 70.0 Å². The third-order valence-corrected chi connectivity index (χ3v) is 4.64. The molecule has 132 valence electrons. The number of carbonyl (C=O) groups is 1. The van der Waals surface area contributed by atoms with Gasteiger partial charge in [0, 0.05) is 11.4 Å². The first-order valence-electron chi connectivity index (χ1n) is 8.03. The number of furan rings is 1. The molecule has 1 aliphatic heterocycles. The standard InChI is InChI=1S/C18H16BrN5O2/c1-10-3-5-12(6-4-10)23-17(25)15-11(2)22-18-20-9-21-24(18)16(15)13-7-8-14(19)26-13/h3-9,16H,1-2H3,(H,23,25)(H,20,21,22). The predicted molar refractivity (Wildman–Crippen MR) is 101 cm³/mol. The zero-order chi connectivity index (χ0) is 18.3. The maximum atomic E-state index is 13.1. The molecule has 4 rings (SSSR count). The summed E-state index contributed by atoms with van der Waals surface area (Å²) >= 11 is 3.32. The van der Waals surface area contributed by atoms with Crippen LogP contribution in [0.1, 0.15) is 24.3 Å². The largest absolute Gasteiger partial charge is 0.452 e. The van der Waals surface area contributed by atoms with Crippen molar-refractivity contribution in [1.29, 1.82) is 0 Å². The molecule has 0 saturated carbocycles. The van der Waals surface area contributed by atoms with E-state index < -0.39 is 6.04 Å². The molecule has 0 radical (unpaired) electrons. The molecule has 0 aliphatic carbocycles. The maximum Gasteiger partial charge on any atom is 0.256 e. The molecule has 26 heavy (non-hydrogen) atoms. The third kappa shape index (κ3) is 2.92. The van der Waals surface area contributed by atoms with Crippen molar-refractivity contribution in [3.8, 4) is 0 Å².